The normalized spacial score (nSPS) is 11.2. The zero-order valence-electron chi connectivity index (χ0n) is 10.9. The predicted molar refractivity (Wildman–Crippen MR) is 74.7 cm³/mol. The minimum absolute atomic E-state index is 0.654. The SMILES string of the molecule is CCc1cnc(CNCc2cccc3[nH]ccc23)o1. The molecule has 4 heteroatoms. The molecule has 0 saturated heterocycles. The average Bonchev–Trinajstić information content (AvgIpc) is 3.07. The Balaban J connectivity index is 1.64. The van der Waals surface area contributed by atoms with Crippen LogP contribution in [-0.4, -0.2) is 9.97 Å². The fraction of sp³-hybridized carbons (Fsp3) is 0.267. The van der Waals surface area contributed by atoms with Crippen LogP contribution in [0.3, 0.4) is 0 Å². The van der Waals surface area contributed by atoms with Gasteiger partial charge in [0.15, 0.2) is 0 Å². The number of fused-ring (bicyclic) bond motifs is 1. The molecule has 4 nitrogen and oxygen atoms in total. The lowest BCUT2D eigenvalue weighted by molar-refractivity contribution is 0.439. The van der Waals surface area contributed by atoms with E-state index in [0.29, 0.717) is 6.54 Å². The summed E-state index contributed by atoms with van der Waals surface area (Å²) in [5.41, 5.74) is 2.45. The van der Waals surface area contributed by atoms with Gasteiger partial charge in [-0.2, -0.15) is 0 Å². The van der Waals surface area contributed by atoms with Crippen molar-refractivity contribution in [3.8, 4) is 0 Å². The van der Waals surface area contributed by atoms with Gasteiger partial charge in [-0.1, -0.05) is 19.1 Å². The van der Waals surface area contributed by atoms with Crippen molar-refractivity contribution >= 4 is 10.9 Å². The van der Waals surface area contributed by atoms with Crippen molar-refractivity contribution in [3.05, 3.63) is 53.9 Å². The monoisotopic (exact) mass is 255 g/mol. The molecule has 19 heavy (non-hydrogen) atoms. The van der Waals surface area contributed by atoms with Crippen LogP contribution in [0, 0.1) is 0 Å². The number of benzene rings is 1. The summed E-state index contributed by atoms with van der Waals surface area (Å²) < 4.78 is 5.56. The van der Waals surface area contributed by atoms with E-state index in [2.05, 4.69) is 46.5 Å². The molecule has 0 amide bonds. The van der Waals surface area contributed by atoms with Gasteiger partial charge in [0, 0.05) is 30.1 Å². The molecule has 0 bridgehead atoms. The molecule has 3 aromatic rings. The number of nitrogens with one attached hydrogen (secondary N) is 2. The van der Waals surface area contributed by atoms with Crippen molar-refractivity contribution in [3.63, 3.8) is 0 Å². The summed E-state index contributed by atoms with van der Waals surface area (Å²) in [6, 6.07) is 8.39. The number of nitrogens with zero attached hydrogens (tertiary/aromatic N) is 1. The highest BCUT2D eigenvalue weighted by molar-refractivity contribution is 5.82. The van der Waals surface area contributed by atoms with Crippen LogP contribution in [0.15, 0.2) is 41.1 Å². The number of aromatic amines is 1. The highest BCUT2D eigenvalue weighted by Gasteiger charge is 2.04. The van der Waals surface area contributed by atoms with Gasteiger partial charge < -0.3 is 14.7 Å². The second-order valence-corrected chi connectivity index (χ2v) is 4.53. The molecule has 0 radical (unpaired) electrons. The van der Waals surface area contributed by atoms with Crippen LogP contribution in [0.4, 0.5) is 0 Å². The minimum Gasteiger partial charge on any atom is -0.444 e. The Morgan fingerprint density at radius 2 is 2.21 bits per heavy atom. The van der Waals surface area contributed by atoms with Gasteiger partial charge in [0.1, 0.15) is 5.76 Å². The third-order valence-corrected chi connectivity index (χ3v) is 3.23. The highest BCUT2D eigenvalue weighted by Crippen LogP contribution is 2.17. The minimum atomic E-state index is 0.654. The Bertz CT molecular complexity index is 669. The van der Waals surface area contributed by atoms with Crippen LogP contribution in [-0.2, 0) is 19.5 Å². The number of oxazole rings is 1. The smallest absolute Gasteiger partial charge is 0.208 e. The quantitative estimate of drug-likeness (QED) is 0.737. The first-order valence-electron chi connectivity index (χ1n) is 6.56. The molecular weight excluding hydrogens is 238 g/mol. The number of rotatable bonds is 5. The summed E-state index contributed by atoms with van der Waals surface area (Å²) in [7, 11) is 0. The molecule has 0 aliphatic carbocycles. The average molecular weight is 255 g/mol. The molecule has 0 fully saturated rings. The molecule has 1 aromatic carbocycles. The van der Waals surface area contributed by atoms with Crippen LogP contribution in [0.25, 0.3) is 10.9 Å². The maximum Gasteiger partial charge on any atom is 0.208 e. The van der Waals surface area contributed by atoms with E-state index in [-0.39, 0.29) is 0 Å². The zero-order chi connectivity index (χ0) is 13.1. The van der Waals surface area contributed by atoms with E-state index in [9.17, 15) is 0 Å². The van der Waals surface area contributed by atoms with Gasteiger partial charge in [-0.25, -0.2) is 4.98 Å². The van der Waals surface area contributed by atoms with Gasteiger partial charge >= 0.3 is 0 Å². The molecule has 0 aliphatic rings. The van der Waals surface area contributed by atoms with E-state index in [0.717, 1.165) is 24.6 Å². The Labute approximate surface area is 111 Å². The topological polar surface area (TPSA) is 53.9 Å². The Morgan fingerprint density at radius 3 is 3.05 bits per heavy atom. The highest BCUT2D eigenvalue weighted by atomic mass is 16.4. The molecule has 2 heterocycles. The fourth-order valence-corrected chi connectivity index (χ4v) is 2.20. The summed E-state index contributed by atoms with van der Waals surface area (Å²) in [5.74, 6) is 1.68. The summed E-state index contributed by atoms with van der Waals surface area (Å²) in [4.78, 5) is 7.46. The van der Waals surface area contributed by atoms with Crippen molar-refractivity contribution in [1.82, 2.24) is 15.3 Å². The fourth-order valence-electron chi connectivity index (χ4n) is 2.20. The second-order valence-electron chi connectivity index (χ2n) is 4.53. The summed E-state index contributed by atoms with van der Waals surface area (Å²) in [6.07, 6.45) is 4.65. The van der Waals surface area contributed by atoms with Crippen LogP contribution < -0.4 is 5.32 Å². The number of aryl methyl sites for hydroxylation is 1. The van der Waals surface area contributed by atoms with Crippen molar-refractivity contribution in [2.75, 3.05) is 0 Å². The van der Waals surface area contributed by atoms with E-state index in [4.69, 9.17) is 4.42 Å². The lowest BCUT2D eigenvalue weighted by Gasteiger charge is -2.04. The predicted octanol–water partition coefficient (Wildman–Crippen LogP) is 3.01. The van der Waals surface area contributed by atoms with E-state index >= 15 is 0 Å². The summed E-state index contributed by atoms with van der Waals surface area (Å²) >= 11 is 0. The molecular formula is C15H17N3O. The molecule has 98 valence electrons. The Hall–Kier alpha value is -2.07. The summed E-state index contributed by atoms with van der Waals surface area (Å²) in [5, 5.41) is 4.63. The molecule has 0 atom stereocenters. The van der Waals surface area contributed by atoms with Crippen LogP contribution in [0.1, 0.15) is 24.1 Å². The molecule has 0 aliphatic heterocycles. The first kappa shape index (κ1) is 12.0. The van der Waals surface area contributed by atoms with Crippen molar-refractivity contribution in [1.29, 1.82) is 0 Å². The molecule has 3 rings (SSSR count). The van der Waals surface area contributed by atoms with Crippen molar-refractivity contribution in [2.45, 2.75) is 26.4 Å². The standard InChI is InChI=1S/C15H17N3O/c1-2-12-9-18-15(19-12)10-16-8-11-4-3-5-14-13(11)6-7-17-14/h3-7,9,16-17H,2,8,10H2,1H3. The third-order valence-electron chi connectivity index (χ3n) is 3.23. The van der Waals surface area contributed by atoms with E-state index in [1.165, 1.54) is 16.5 Å². The lowest BCUT2D eigenvalue weighted by atomic mass is 10.1. The second kappa shape index (κ2) is 5.28. The van der Waals surface area contributed by atoms with Gasteiger partial charge in [-0.15, -0.1) is 0 Å². The van der Waals surface area contributed by atoms with E-state index in [1.807, 2.05) is 6.20 Å². The Morgan fingerprint density at radius 1 is 1.26 bits per heavy atom. The van der Waals surface area contributed by atoms with E-state index in [1.54, 1.807) is 6.20 Å². The van der Waals surface area contributed by atoms with Crippen molar-refractivity contribution < 1.29 is 4.42 Å². The third kappa shape index (κ3) is 2.53. The maximum atomic E-state index is 5.56. The van der Waals surface area contributed by atoms with Gasteiger partial charge in [0.05, 0.1) is 12.7 Å². The Kier molecular flexibility index (Phi) is 3.33. The van der Waals surface area contributed by atoms with Crippen molar-refractivity contribution in [2.24, 2.45) is 0 Å². The van der Waals surface area contributed by atoms with Crippen LogP contribution >= 0.6 is 0 Å². The van der Waals surface area contributed by atoms with Gasteiger partial charge in [0.2, 0.25) is 5.89 Å². The van der Waals surface area contributed by atoms with E-state index < -0.39 is 0 Å². The van der Waals surface area contributed by atoms with Gasteiger partial charge in [-0.05, 0) is 17.7 Å². The van der Waals surface area contributed by atoms with Gasteiger partial charge in [0.25, 0.3) is 0 Å². The zero-order valence-corrected chi connectivity index (χ0v) is 10.9. The number of aromatic nitrogens is 2. The molecule has 0 unspecified atom stereocenters. The lowest BCUT2D eigenvalue weighted by Crippen LogP contribution is -2.12. The van der Waals surface area contributed by atoms with Gasteiger partial charge in [-0.3, -0.25) is 0 Å². The summed E-state index contributed by atoms with van der Waals surface area (Å²) in [6.45, 7) is 3.52. The number of H-pyrrole nitrogens is 1. The largest absolute Gasteiger partial charge is 0.444 e. The molecule has 0 saturated carbocycles. The number of hydrogen-bond acceptors (Lipinski definition) is 3. The maximum absolute atomic E-state index is 5.56. The molecule has 2 aromatic heterocycles. The number of hydrogen-bond donors (Lipinski definition) is 2. The first-order valence-corrected chi connectivity index (χ1v) is 6.56. The molecule has 0 spiro atoms. The molecule has 2 N–H and O–H groups in total. The van der Waals surface area contributed by atoms with Crippen LogP contribution in [0.5, 0.6) is 0 Å². The van der Waals surface area contributed by atoms with Crippen LogP contribution in [0.2, 0.25) is 0 Å². The first-order chi connectivity index (χ1) is 9.36.